The van der Waals surface area contributed by atoms with Gasteiger partial charge in [0.1, 0.15) is 28.9 Å². The van der Waals surface area contributed by atoms with Crippen LogP contribution in [0.2, 0.25) is 0 Å². The largest absolute Gasteiger partial charge is 0.494 e. The van der Waals surface area contributed by atoms with Crippen LogP contribution in [0.25, 0.3) is 0 Å². The van der Waals surface area contributed by atoms with Crippen molar-refractivity contribution in [1.29, 1.82) is 5.26 Å². The molecule has 0 amide bonds. The highest BCUT2D eigenvalue weighted by Crippen LogP contribution is 2.45. The molecule has 1 aliphatic rings. The summed E-state index contributed by atoms with van der Waals surface area (Å²) in [6.45, 7) is 7.48. The van der Waals surface area contributed by atoms with Gasteiger partial charge in [0.25, 0.3) is 0 Å². The van der Waals surface area contributed by atoms with Crippen LogP contribution in [-0.2, 0) is 0 Å². The van der Waals surface area contributed by atoms with Crippen molar-refractivity contribution in [3.8, 4) is 34.8 Å². The van der Waals surface area contributed by atoms with E-state index in [0.717, 1.165) is 18.4 Å². The predicted octanol–water partition coefficient (Wildman–Crippen LogP) is 6.35. The van der Waals surface area contributed by atoms with E-state index in [0.29, 0.717) is 53.3 Å². The lowest BCUT2D eigenvalue weighted by Gasteiger charge is -2.27. The fraction of sp³-hybridized carbons (Fsp3) is 0.312. The number of carbonyl (C=O) groups is 1. The van der Waals surface area contributed by atoms with Crippen LogP contribution < -0.4 is 29.4 Å². The predicted molar refractivity (Wildman–Crippen MR) is 151 cm³/mol. The molecule has 3 aromatic rings. The summed E-state index contributed by atoms with van der Waals surface area (Å²) in [6.07, 6.45) is 1.81. The maximum atomic E-state index is 12.8. The lowest BCUT2D eigenvalue weighted by atomic mass is 9.83. The van der Waals surface area contributed by atoms with Gasteiger partial charge in [-0.2, -0.15) is 5.26 Å². The van der Waals surface area contributed by atoms with Gasteiger partial charge in [0.05, 0.1) is 31.8 Å². The van der Waals surface area contributed by atoms with Gasteiger partial charge in [-0.05, 0) is 66.8 Å². The first kappa shape index (κ1) is 28.4. The second-order valence-electron chi connectivity index (χ2n) is 9.83. The highest BCUT2D eigenvalue weighted by atomic mass is 16.5. The van der Waals surface area contributed by atoms with E-state index in [9.17, 15) is 10.1 Å². The molecule has 40 heavy (non-hydrogen) atoms. The van der Waals surface area contributed by atoms with Crippen molar-refractivity contribution in [3.63, 3.8) is 0 Å². The minimum atomic E-state index is -0.520. The molecule has 1 atom stereocenters. The van der Waals surface area contributed by atoms with Crippen molar-refractivity contribution < 1.29 is 28.5 Å². The molecule has 0 bridgehead atoms. The molecule has 4 rings (SSSR count). The normalized spacial score (nSPS) is 14.2. The van der Waals surface area contributed by atoms with E-state index in [2.05, 4.69) is 19.9 Å². The first-order valence-corrected chi connectivity index (χ1v) is 13.3. The molecule has 1 aliphatic heterocycles. The Morgan fingerprint density at radius 2 is 1.75 bits per heavy atom. The molecule has 1 heterocycles. The molecule has 8 heteroatoms. The number of ether oxygens (including phenoxy) is 5. The maximum absolute atomic E-state index is 12.8. The standard InChI is InChI=1S/C32H34N2O6/c1-5-15-37-23-9-6-21(7-10-23)32(35)39-24-11-12-25-28(18-24)40-31(34)26(19-33)30(25)22-8-13-27(29(17-22)36-4)38-16-14-20(2)3/h6-13,17-18,20,30H,5,14-16,34H2,1-4H3. The lowest BCUT2D eigenvalue weighted by Crippen LogP contribution is -2.21. The number of carbonyl (C=O) groups excluding carboxylic acids is 1. The van der Waals surface area contributed by atoms with Gasteiger partial charge < -0.3 is 29.4 Å². The summed E-state index contributed by atoms with van der Waals surface area (Å²) in [6, 6.07) is 19.6. The zero-order chi connectivity index (χ0) is 28.6. The van der Waals surface area contributed by atoms with E-state index < -0.39 is 11.9 Å². The molecular weight excluding hydrogens is 508 g/mol. The van der Waals surface area contributed by atoms with Gasteiger partial charge in [-0.15, -0.1) is 0 Å². The second kappa shape index (κ2) is 12.9. The molecule has 0 saturated heterocycles. The van der Waals surface area contributed by atoms with E-state index >= 15 is 0 Å². The first-order valence-electron chi connectivity index (χ1n) is 13.3. The Labute approximate surface area is 234 Å². The molecule has 2 N–H and O–H groups in total. The minimum absolute atomic E-state index is 0.0117. The zero-order valence-corrected chi connectivity index (χ0v) is 23.2. The molecule has 208 valence electrons. The second-order valence-corrected chi connectivity index (χ2v) is 9.83. The third-order valence-electron chi connectivity index (χ3n) is 6.44. The quantitative estimate of drug-likeness (QED) is 0.220. The van der Waals surface area contributed by atoms with Crippen LogP contribution in [0.3, 0.4) is 0 Å². The Hall–Kier alpha value is -4.64. The SMILES string of the molecule is CCCOc1ccc(C(=O)Oc2ccc3c(c2)OC(N)=C(C#N)C3c2ccc(OCCC(C)C)c(OC)c2)cc1. The van der Waals surface area contributed by atoms with Gasteiger partial charge in [-0.25, -0.2) is 4.79 Å². The number of allylic oxidation sites excluding steroid dienone is 1. The summed E-state index contributed by atoms with van der Waals surface area (Å²) < 4.78 is 28.5. The smallest absolute Gasteiger partial charge is 0.343 e. The van der Waals surface area contributed by atoms with E-state index in [1.807, 2.05) is 25.1 Å². The number of methoxy groups -OCH3 is 1. The Bertz CT molecular complexity index is 1420. The van der Waals surface area contributed by atoms with Crippen LogP contribution in [0, 0.1) is 17.2 Å². The number of nitriles is 1. The monoisotopic (exact) mass is 542 g/mol. The summed E-state index contributed by atoms with van der Waals surface area (Å²) in [5, 5.41) is 9.93. The Morgan fingerprint density at radius 3 is 2.42 bits per heavy atom. The van der Waals surface area contributed by atoms with Gasteiger partial charge in [0.15, 0.2) is 11.5 Å². The Kier molecular flexibility index (Phi) is 9.18. The van der Waals surface area contributed by atoms with Crippen LogP contribution in [0.4, 0.5) is 0 Å². The van der Waals surface area contributed by atoms with Crippen molar-refractivity contribution >= 4 is 5.97 Å². The van der Waals surface area contributed by atoms with E-state index in [-0.39, 0.29) is 17.2 Å². The fourth-order valence-corrected chi connectivity index (χ4v) is 4.30. The molecule has 8 nitrogen and oxygen atoms in total. The highest BCUT2D eigenvalue weighted by molar-refractivity contribution is 5.91. The Morgan fingerprint density at radius 1 is 1.00 bits per heavy atom. The van der Waals surface area contributed by atoms with Crippen LogP contribution >= 0.6 is 0 Å². The number of nitrogens with two attached hydrogens (primary N) is 1. The number of hydrogen-bond donors (Lipinski definition) is 1. The molecular formula is C32H34N2O6. The maximum Gasteiger partial charge on any atom is 0.343 e. The molecule has 0 radical (unpaired) electrons. The molecule has 1 unspecified atom stereocenters. The third kappa shape index (κ3) is 6.49. The fourth-order valence-electron chi connectivity index (χ4n) is 4.30. The number of fused-ring (bicyclic) bond motifs is 1. The van der Waals surface area contributed by atoms with Gasteiger partial charge >= 0.3 is 5.97 Å². The van der Waals surface area contributed by atoms with Crippen molar-refractivity contribution in [1.82, 2.24) is 0 Å². The van der Waals surface area contributed by atoms with E-state index in [1.165, 1.54) is 0 Å². The highest BCUT2D eigenvalue weighted by Gasteiger charge is 2.32. The van der Waals surface area contributed by atoms with Gasteiger partial charge in [-0.3, -0.25) is 0 Å². The topological polar surface area (TPSA) is 113 Å². The first-order chi connectivity index (χ1) is 19.3. The molecule has 3 aromatic carbocycles. The summed E-state index contributed by atoms with van der Waals surface area (Å²) in [5.74, 6) is 2.03. The van der Waals surface area contributed by atoms with E-state index in [1.54, 1.807) is 49.6 Å². The Balaban J connectivity index is 1.58. The summed E-state index contributed by atoms with van der Waals surface area (Å²) in [5.41, 5.74) is 8.33. The number of nitrogens with zero attached hydrogens (tertiary/aromatic N) is 1. The third-order valence-corrected chi connectivity index (χ3v) is 6.44. The molecule has 0 fully saturated rings. The van der Waals surface area contributed by atoms with Gasteiger partial charge in [-0.1, -0.05) is 32.9 Å². The van der Waals surface area contributed by atoms with Crippen LogP contribution in [0.1, 0.15) is 61.0 Å². The van der Waals surface area contributed by atoms with Gasteiger partial charge in [0.2, 0.25) is 5.88 Å². The van der Waals surface area contributed by atoms with Crippen molar-refractivity contribution in [2.75, 3.05) is 20.3 Å². The van der Waals surface area contributed by atoms with E-state index in [4.69, 9.17) is 29.4 Å². The lowest BCUT2D eigenvalue weighted by molar-refractivity contribution is 0.0734. The zero-order valence-electron chi connectivity index (χ0n) is 23.2. The number of benzene rings is 3. The van der Waals surface area contributed by atoms with Crippen molar-refractivity contribution in [3.05, 3.63) is 88.8 Å². The van der Waals surface area contributed by atoms with Crippen molar-refractivity contribution in [2.45, 2.75) is 39.5 Å². The number of hydrogen-bond acceptors (Lipinski definition) is 8. The average molecular weight is 543 g/mol. The summed E-state index contributed by atoms with van der Waals surface area (Å²) >= 11 is 0. The van der Waals surface area contributed by atoms with Crippen LogP contribution in [0.5, 0.6) is 28.7 Å². The van der Waals surface area contributed by atoms with Crippen LogP contribution in [0.15, 0.2) is 72.1 Å². The van der Waals surface area contributed by atoms with Gasteiger partial charge in [0, 0.05) is 11.6 Å². The molecule has 0 aromatic heterocycles. The number of esters is 1. The number of rotatable bonds is 11. The average Bonchev–Trinajstić information content (AvgIpc) is 2.95. The van der Waals surface area contributed by atoms with Crippen LogP contribution in [-0.4, -0.2) is 26.3 Å². The minimum Gasteiger partial charge on any atom is -0.494 e. The molecule has 0 saturated carbocycles. The van der Waals surface area contributed by atoms with Crippen molar-refractivity contribution in [2.24, 2.45) is 11.7 Å². The summed E-state index contributed by atoms with van der Waals surface area (Å²) in [7, 11) is 1.58. The summed E-state index contributed by atoms with van der Waals surface area (Å²) in [4.78, 5) is 12.8. The molecule has 0 spiro atoms. The molecule has 0 aliphatic carbocycles.